The lowest BCUT2D eigenvalue weighted by molar-refractivity contribution is 1.01. The van der Waals surface area contributed by atoms with Crippen molar-refractivity contribution in [2.24, 2.45) is 0 Å². The van der Waals surface area contributed by atoms with Crippen LogP contribution in [0.4, 0.5) is 0 Å². The largest absolute Gasteiger partial charge is 0.278 e. The van der Waals surface area contributed by atoms with E-state index in [-0.39, 0.29) is 71.1 Å². The molecule has 0 unspecified atom stereocenters. The molecule has 7 aromatic carbocycles. The van der Waals surface area contributed by atoms with Crippen LogP contribution in [0.2, 0.25) is 0 Å². The minimum Gasteiger partial charge on any atom is -0.278 e. The minimum absolute atomic E-state index is 0.00693. The highest BCUT2D eigenvalue weighted by Gasteiger charge is 2.20. The number of nitrogens with zero attached hydrogens (tertiary/aromatic N) is 3. The summed E-state index contributed by atoms with van der Waals surface area (Å²) in [6, 6.07) is 13.5. The SMILES string of the molecule is [2H]c1c([2H])c([2H])c2c(-c3c([2H])c([2H])c4sc5c([2H])c6c([2H])c([2H])c([2H])c([2H])c6c([2H])c5c4c3[2H])nc(-n3c4ccccc4c4c5sc6ccccc6c5ccc43)nc2c1[2H]. The molecule has 0 saturated carbocycles. The Morgan fingerprint density at radius 2 is 1.32 bits per heavy atom. The maximum atomic E-state index is 9.76. The van der Waals surface area contributed by atoms with Gasteiger partial charge in [-0.05, 0) is 59.2 Å². The molecule has 0 spiro atoms. The number of hydrogen-bond acceptors (Lipinski definition) is 4. The third-order valence-electron chi connectivity index (χ3n) is 8.58. The van der Waals surface area contributed by atoms with E-state index in [0.717, 1.165) is 42.3 Å². The molecule has 0 radical (unpaired) electrons. The number of para-hydroxylation sites is 2. The van der Waals surface area contributed by atoms with Crippen molar-refractivity contribution >= 4 is 106 Å². The van der Waals surface area contributed by atoms with E-state index in [1.54, 1.807) is 15.9 Å². The number of benzene rings is 7. The quantitative estimate of drug-likeness (QED) is 0.187. The van der Waals surface area contributed by atoms with E-state index < -0.39 is 66.5 Å². The number of hydrogen-bond donors (Lipinski definition) is 0. The summed E-state index contributed by atoms with van der Waals surface area (Å²) in [5, 5.41) is 3.38. The van der Waals surface area contributed by atoms with Gasteiger partial charge in [0.1, 0.15) is 0 Å². The van der Waals surface area contributed by atoms with E-state index in [2.05, 4.69) is 12.1 Å². The summed E-state index contributed by atoms with van der Waals surface area (Å²) < 4.78 is 120. The number of fused-ring (bicyclic) bond motifs is 12. The third kappa shape index (κ3) is 3.61. The fourth-order valence-electron chi connectivity index (χ4n) is 6.55. The van der Waals surface area contributed by atoms with Crippen LogP contribution in [0.15, 0.2) is 139 Å². The molecular formula is C42H23N3S2. The maximum Gasteiger partial charge on any atom is 0.235 e. The van der Waals surface area contributed by atoms with E-state index in [4.69, 9.17) is 22.3 Å². The van der Waals surface area contributed by atoms with Crippen molar-refractivity contribution < 1.29 is 17.8 Å². The highest BCUT2D eigenvalue weighted by Crippen LogP contribution is 2.44. The zero-order valence-corrected chi connectivity index (χ0v) is 25.6. The van der Waals surface area contributed by atoms with Gasteiger partial charge in [0.15, 0.2) is 0 Å². The highest BCUT2D eigenvalue weighted by atomic mass is 32.1. The minimum atomic E-state index is -0.590. The topological polar surface area (TPSA) is 30.7 Å². The predicted molar refractivity (Wildman–Crippen MR) is 203 cm³/mol. The van der Waals surface area contributed by atoms with Gasteiger partial charge in [0.2, 0.25) is 5.95 Å². The van der Waals surface area contributed by atoms with Gasteiger partial charge < -0.3 is 0 Å². The Hall–Kier alpha value is -5.62. The van der Waals surface area contributed by atoms with Gasteiger partial charge in [0.25, 0.3) is 0 Å². The fraction of sp³-hybridized carbons (Fsp3) is 0. The van der Waals surface area contributed by atoms with Crippen molar-refractivity contribution in [3.63, 3.8) is 0 Å². The van der Waals surface area contributed by atoms with Crippen LogP contribution in [0.1, 0.15) is 17.8 Å². The summed E-state index contributed by atoms with van der Waals surface area (Å²) in [6.07, 6.45) is 0. The van der Waals surface area contributed by atoms with Crippen LogP contribution in [-0.2, 0) is 0 Å². The average molecular weight is 647 g/mol. The van der Waals surface area contributed by atoms with Crippen LogP contribution >= 0.6 is 22.7 Å². The van der Waals surface area contributed by atoms with Crippen LogP contribution in [0.25, 0.3) is 101 Å². The van der Waals surface area contributed by atoms with Gasteiger partial charge in [0, 0.05) is 62.1 Å². The van der Waals surface area contributed by atoms with Crippen molar-refractivity contribution in [1.82, 2.24) is 14.5 Å². The molecule has 4 heterocycles. The molecule has 3 nitrogen and oxygen atoms in total. The first-order valence-electron chi connectivity index (χ1n) is 21.2. The molecule has 0 bridgehead atoms. The Morgan fingerprint density at radius 3 is 2.26 bits per heavy atom. The lowest BCUT2D eigenvalue weighted by Gasteiger charge is -2.12. The van der Waals surface area contributed by atoms with Crippen LogP contribution < -0.4 is 0 Å². The second-order valence-corrected chi connectivity index (χ2v) is 13.2. The van der Waals surface area contributed by atoms with Gasteiger partial charge in [-0.2, -0.15) is 0 Å². The third-order valence-corrected chi connectivity index (χ3v) is 10.8. The van der Waals surface area contributed by atoms with Crippen molar-refractivity contribution in [2.75, 3.05) is 0 Å². The molecule has 0 amide bonds. The molecule has 0 fully saturated rings. The van der Waals surface area contributed by atoms with Gasteiger partial charge in [-0.1, -0.05) is 90.8 Å². The summed E-state index contributed by atoms with van der Waals surface area (Å²) in [4.78, 5) is 9.80. The smallest absolute Gasteiger partial charge is 0.235 e. The van der Waals surface area contributed by atoms with Crippen LogP contribution in [-0.4, -0.2) is 14.5 Å². The van der Waals surface area contributed by atoms with Crippen molar-refractivity contribution in [3.8, 4) is 17.2 Å². The lowest BCUT2D eigenvalue weighted by atomic mass is 10.0. The molecule has 11 aromatic rings. The molecule has 0 aliphatic rings. The molecule has 0 aliphatic carbocycles. The molecular weight excluding hydrogens is 611 g/mol. The lowest BCUT2D eigenvalue weighted by Crippen LogP contribution is -2.03. The van der Waals surface area contributed by atoms with Crippen molar-refractivity contribution in [2.45, 2.75) is 0 Å². The Labute approximate surface area is 294 Å². The van der Waals surface area contributed by atoms with Crippen LogP contribution in [0.5, 0.6) is 0 Å². The van der Waals surface area contributed by atoms with E-state index in [0.29, 0.717) is 11.0 Å². The second-order valence-electron chi connectivity index (χ2n) is 11.1. The Bertz CT molecular complexity index is 3840. The van der Waals surface area contributed by atoms with Gasteiger partial charge in [0.05, 0.1) is 40.1 Å². The summed E-state index contributed by atoms with van der Waals surface area (Å²) >= 11 is 2.52. The molecule has 5 heteroatoms. The Morgan fingerprint density at radius 1 is 0.532 bits per heavy atom. The van der Waals surface area contributed by atoms with Gasteiger partial charge in [-0.15, -0.1) is 22.7 Å². The monoisotopic (exact) mass is 646 g/mol. The zero-order chi connectivity index (χ0) is 42.0. The molecule has 0 atom stereocenters. The maximum absolute atomic E-state index is 9.76. The van der Waals surface area contributed by atoms with E-state index in [1.807, 2.05) is 48.5 Å². The normalized spacial score (nSPS) is 16.1. The molecule has 0 N–H and O–H groups in total. The number of thiophene rings is 2. The molecule has 0 aliphatic heterocycles. The van der Waals surface area contributed by atoms with Gasteiger partial charge >= 0.3 is 0 Å². The van der Waals surface area contributed by atoms with E-state index in [9.17, 15) is 5.48 Å². The first-order chi connectivity index (χ1) is 28.7. The molecule has 11 rings (SSSR count). The van der Waals surface area contributed by atoms with E-state index in [1.165, 1.54) is 0 Å². The molecule has 218 valence electrons. The summed E-state index contributed by atoms with van der Waals surface area (Å²) in [5.41, 5.74) is 0.754. The zero-order valence-electron chi connectivity index (χ0n) is 36.9. The van der Waals surface area contributed by atoms with Crippen LogP contribution in [0.3, 0.4) is 0 Å². The average Bonchev–Trinajstić information content (AvgIpc) is 3.94. The number of aromatic nitrogens is 3. The first kappa shape index (κ1) is 16.3. The molecule has 0 saturated heterocycles. The predicted octanol–water partition coefficient (Wildman–Crippen LogP) is 12.3. The Kier molecular flexibility index (Phi) is 3.27. The molecule has 47 heavy (non-hydrogen) atoms. The molecule has 4 aromatic heterocycles. The van der Waals surface area contributed by atoms with Crippen molar-refractivity contribution in [3.05, 3.63) is 139 Å². The Balaban J connectivity index is 1.31. The second kappa shape index (κ2) is 9.46. The van der Waals surface area contributed by atoms with Crippen molar-refractivity contribution in [1.29, 1.82) is 0 Å². The van der Waals surface area contributed by atoms with Gasteiger partial charge in [-0.3, -0.25) is 4.57 Å². The standard InChI is InChI=1S/C42H23N3S2/c1-2-10-25-23-38-32(21-24(25)9-1)31-22-26(17-20-37(31)46-38)40-29-12-3-6-14-33(29)43-42(44-40)45-34-15-7-4-13-30(34)39-35(45)19-18-28-27-11-5-8-16-36(27)47-41(28)39/h1-23H/i1D,2D,3D,6D,9D,10D,12D,14D,17D,20D,21D,22D,23D. The van der Waals surface area contributed by atoms with Crippen LogP contribution in [0, 0.1) is 0 Å². The summed E-state index contributed by atoms with van der Waals surface area (Å²) in [5.74, 6) is -0.00795. The summed E-state index contributed by atoms with van der Waals surface area (Å²) in [7, 11) is 0. The number of rotatable bonds is 2. The first-order valence-corrected chi connectivity index (χ1v) is 16.3. The fourth-order valence-corrected chi connectivity index (χ4v) is 8.78. The van der Waals surface area contributed by atoms with Gasteiger partial charge in [-0.25, -0.2) is 9.97 Å². The summed E-state index contributed by atoms with van der Waals surface area (Å²) in [6.45, 7) is 0. The highest BCUT2D eigenvalue weighted by molar-refractivity contribution is 7.27. The van der Waals surface area contributed by atoms with E-state index >= 15 is 0 Å².